The topological polar surface area (TPSA) is 79.8 Å². The maximum Gasteiger partial charge on any atom is 0.191 e. The molecule has 0 aliphatic rings. The molecule has 0 aliphatic carbocycles. The molecule has 28 heavy (non-hydrogen) atoms. The average molecular weight is 517 g/mol. The van der Waals surface area contributed by atoms with E-state index in [0.717, 1.165) is 0 Å². The lowest BCUT2D eigenvalue weighted by Crippen LogP contribution is -2.40. The first-order valence-electron chi connectivity index (χ1n) is 8.77. The minimum atomic E-state index is -3.19. The molecule has 1 atom stereocenters. The summed E-state index contributed by atoms with van der Waals surface area (Å²) in [5.41, 5.74) is 2.46. The molecule has 0 heterocycles. The standard InChI is InChI=1S/C20H27N3O3S.HI/c1-15-7-5-6-8-19(15)16(2)23-20(21-3)22-13-14-26-17-9-11-18(12-10-17)27(4,24)25;/h5-12,16H,13-14H2,1-4H3,(H2,21,22,23);1H. The van der Waals surface area contributed by atoms with Crippen molar-refractivity contribution in [1.82, 2.24) is 10.6 Å². The van der Waals surface area contributed by atoms with Crippen LogP contribution in [-0.4, -0.2) is 40.8 Å². The van der Waals surface area contributed by atoms with Crippen molar-refractivity contribution in [1.29, 1.82) is 0 Å². The molecule has 2 aromatic carbocycles. The van der Waals surface area contributed by atoms with Gasteiger partial charge in [0.2, 0.25) is 0 Å². The second-order valence-corrected chi connectivity index (χ2v) is 8.33. The molecule has 6 nitrogen and oxygen atoms in total. The third kappa shape index (κ3) is 7.31. The van der Waals surface area contributed by atoms with Crippen LogP contribution in [0.25, 0.3) is 0 Å². The zero-order chi connectivity index (χ0) is 19.9. The number of ether oxygens (including phenoxy) is 1. The molecule has 2 rings (SSSR count). The Labute approximate surface area is 184 Å². The molecule has 1 unspecified atom stereocenters. The summed E-state index contributed by atoms with van der Waals surface area (Å²) in [4.78, 5) is 4.52. The quantitative estimate of drug-likeness (QED) is 0.255. The van der Waals surface area contributed by atoms with Crippen molar-refractivity contribution < 1.29 is 13.2 Å². The first kappa shape index (κ1) is 24.2. The van der Waals surface area contributed by atoms with E-state index in [1.807, 2.05) is 12.1 Å². The number of aliphatic imine (C=N–C) groups is 1. The molecule has 154 valence electrons. The molecular formula is C20H28IN3O3S. The predicted molar refractivity (Wildman–Crippen MR) is 125 cm³/mol. The van der Waals surface area contributed by atoms with Crippen LogP contribution in [0.4, 0.5) is 0 Å². The number of benzene rings is 2. The number of nitrogens with zero attached hydrogens (tertiary/aromatic N) is 1. The monoisotopic (exact) mass is 517 g/mol. The molecule has 0 aromatic heterocycles. The molecule has 8 heteroatoms. The summed E-state index contributed by atoms with van der Waals surface area (Å²) in [6.07, 6.45) is 1.18. The Morgan fingerprint density at radius 3 is 2.36 bits per heavy atom. The Hall–Kier alpha value is -1.81. The minimum absolute atomic E-state index is 0. The fraction of sp³-hybridized carbons (Fsp3) is 0.350. The Morgan fingerprint density at radius 1 is 1.14 bits per heavy atom. The number of sulfone groups is 1. The SMILES string of the molecule is CN=C(NCCOc1ccc(S(C)(=O)=O)cc1)NC(C)c1ccccc1C.I. The van der Waals surface area contributed by atoms with Crippen LogP contribution in [0.3, 0.4) is 0 Å². The summed E-state index contributed by atoms with van der Waals surface area (Å²) in [6.45, 7) is 5.17. The molecular weight excluding hydrogens is 489 g/mol. The lowest BCUT2D eigenvalue weighted by molar-refractivity contribution is 0.321. The highest BCUT2D eigenvalue weighted by atomic mass is 127. The zero-order valence-corrected chi connectivity index (χ0v) is 19.7. The smallest absolute Gasteiger partial charge is 0.191 e. The summed E-state index contributed by atoms with van der Waals surface area (Å²) >= 11 is 0. The molecule has 0 saturated heterocycles. The number of aryl methyl sites for hydroxylation is 1. The average Bonchev–Trinajstić information content (AvgIpc) is 2.64. The van der Waals surface area contributed by atoms with Crippen LogP contribution in [-0.2, 0) is 9.84 Å². The van der Waals surface area contributed by atoms with Crippen molar-refractivity contribution in [3.8, 4) is 5.75 Å². The molecule has 0 saturated carbocycles. The second kappa shape index (κ2) is 11.3. The molecule has 0 fully saturated rings. The van der Waals surface area contributed by atoms with E-state index in [1.165, 1.54) is 17.4 Å². The summed E-state index contributed by atoms with van der Waals surface area (Å²) in [5, 5.41) is 6.58. The number of guanidine groups is 1. The number of hydrogen-bond acceptors (Lipinski definition) is 4. The van der Waals surface area contributed by atoms with Crippen molar-refractivity contribution in [2.24, 2.45) is 4.99 Å². The first-order valence-corrected chi connectivity index (χ1v) is 10.7. The molecule has 0 radical (unpaired) electrons. The van der Waals surface area contributed by atoms with Gasteiger partial charge in [-0.25, -0.2) is 8.42 Å². The van der Waals surface area contributed by atoms with Gasteiger partial charge in [-0.1, -0.05) is 24.3 Å². The number of hydrogen-bond donors (Lipinski definition) is 2. The minimum Gasteiger partial charge on any atom is -0.492 e. The fourth-order valence-corrected chi connectivity index (χ4v) is 3.30. The van der Waals surface area contributed by atoms with Crippen LogP contribution in [0.15, 0.2) is 58.4 Å². The maximum atomic E-state index is 11.5. The highest BCUT2D eigenvalue weighted by molar-refractivity contribution is 14.0. The van der Waals surface area contributed by atoms with Crippen LogP contribution in [0.5, 0.6) is 5.75 Å². The normalized spacial score (nSPS) is 12.6. The van der Waals surface area contributed by atoms with E-state index in [0.29, 0.717) is 24.9 Å². The van der Waals surface area contributed by atoms with Crippen molar-refractivity contribution in [2.75, 3.05) is 26.5 Å². The van der Waals surface area contributed by atoms with Crippen LogP contribution in [0.2, 0.25) is 0 Å². The largest absolute Gasteiger partial charge is 0.492 e. The van der Waals surface area contributed by atoms with E-state index in [1.54, 1.807) is 31.3 Å². The van der Waals surface area contributed by atoms with Gasteiger partial charge in [0.1, 0.15) is 12.4 Å². The molecule has 2 aromatic rings. The Bertz CT molecular complexity index is 884. The Kier molecular flexibility index (Phi) is 9.74. The highest BCUT2D eigenvalue weighted by Crippen LogP contribution is 2.17. The van der Waals surface area contributed by atoms with Gasteiger partial charge in [-0.05, 0) is 49.2 Å². The van der Waals surface area contributed by atoms with E-state index in [4.69, 9.17) is 4.74 Å². The second-order valence-electron chi connectivity index (χ2n) is 6.31. The van der Waals surface area contributed by atoms with Gasteiger partial charge in [0.15, 0.2) is 15.8 Å². The molecule has 0 bridgehead atoms. The van der Waals surface area contributed by atoms with E-state index < -0.39 is 9.84 Å². The van der Waals surface area contributed by atoms with Gasteiger partial charge in [-0.3, -0.25) is 4.99 Å². The first-order chi connectivity index (χ1) is 12.8. The van der Waals surface area contributed by atoms with Gasteiger partial charge in [0, 0.05) is 13.3 Å². The van der Waals surface area contributed by atoms with Crippen LogP contribution in [0.1, 0.15) is 24.1 Å². The number of rotatable bonds is 7. The predicted octanol–water partition coefficient (Wildman–Crippen LogP) is 3.32. The summed E-state index contributed by atoms with van der Waals surface area (Å²) < 4.78 is 28.5. The maximum absolute atomic E-state index is 11.5. The summed E-state index contributed by atoms with van der Waals surface area (Å²) in [5.74, 6) is 1.32. The summed E-state index contributed by atoms with van der Waals surface area (Å²) in [6, 6.07) is 14.8. The van der Waals surface area contributed by atoms with Gasteiger partial charge in [0.25, 0.3) is 0 Å². The van der Waals surface area contributed by atoms with Crippen molar-refractivity contribution >= 4 is 39.8 Å². The summed E-state index contributed by atoms with van der Waals surface area (Å²) in [7, 11) is -1.46. The molecule has 0 spiro atoms. The number of halogens is 1. The van der Waals surface area contributed by atoms with Crippen LogP contribution in [0, 0.1) is 6.92 Å². The fourth-order valence-electron chi connectivity index (χ4n) is 2.67. The van der Waals surface area contributed by atoms with Crippen LogP contribution >= 0.6 is 24.0 Å². The lowest BCUT2D eigenvalue weighted by atomic mass is 10.0. The Balaban J connectivity index is 0.00000392. The van der Waals surface area contributed by atoms with Crippen molar-refractivity contribution in [3.05, 3.63) is 59.7 Å². The molecule has 0 aliphatic heterocycles. The molecule has 2 N–H and O–H groups in total. The van der Waals surface area contributed by atoms with E-state index in [2.05, 4.69) is 41.6 Å². The van der Waals surface area contributed by atoms with E-state index in [9.17, 15) is 8.42 Å². The number of nitrogens with one attached hydrogen (secondary N) is 2. The third-order valence-corrected chi connectivity index (χ3v) is 5.28. The van der Waals surface area contributed by atoms with Gasteiger partial charge in [-0.2, -0.15) is 0 Å². The zero-order valence-electron chi connectivity index (χ0n) is 16.6. The van der Waals surface area contributed by atoms with E-state index >= 15 is 0 Å². The van der Waals surface area contributed by atoms with Crippen molar-refractivity contribution in [3.63, 3.8) is 0 Å². The van der Waals surface area contributed by atoms with Gasteiger partial charge in [0.05, 0.1) is 17.5 Å². The van der Waals surface area contributed by atoms with Crippen molar-refractivity contribution in [2.45, 2.75) is 24.8 Å². The Morgan fingerprint density at radius 2 is 1.79 bits per heavy atom. The van der Waals surface area contributed by atoms with E-state index in [-0.39, 0.29) is 34.9 Å². The van der Waals surface area contributed by atoms with Gasteiger partial charge >= 0.3 is 0 Å². The third-order valence-electron chi connectivity index (χ3n) is 4.15. The highest BCUT2D eigenvalue weighted by Gasteiger charge is 2.10. The van der Waals surface area contributed by atoms with Gasteiger partial charge < -0.3 is 15.4 Å². The van der Waals surface area contributed by atoms with Crippen LogP contribution < -0.4 is 15.4 Å². The molecule has 0 amide bonds. The van der Waals surface area contributed by atoms with Gasteiger partial charge in [-0.15, -0.1) is 24.0 Å². The lowest BCUT2D eigenvalue weighted by Gasteiger charge is -2.20.